The number of aromatic nitrogens is 5. The van der Waals surface area contributed by atoms with Gasteiger partial charge in [-0.1, -0.05) is 0 Å². The molecule has 0 saturated carbocycles. The molecule has 3 aromatic rings. The highest BCUT2D eigenvalue weighted by Gasteiger charge is 2.23. The van der Waals surface area contributed by atoms with Crippen LogP contribution in [0.2, 0.25) is 0 Å². The van der Waals surface area contributed by atoms with Crippen LogP contribution in [0.5, 0.6) is 0 Å². The Morgan fingerprint density at radius 1 is 1.04 bits per heavy atom. The standard InChI is InChI=1S/C18H20N6/c1-2-16(12-20-7-1)18-21-17(22-23-18)15-5-10-24(11-6-15)13-14-3-8-19-9-4-14/h1-4,7-9,12,15H,5-6,10-11,13H2,(H,21,22,23). The maximum absolute atomic E-state index is 4.68. The normalized spacial score (nSPS) is 16.3. The van der Waals surface area contributed by atoms with E-state index in [1.807, 2.05) is 24.5 Å². The van der Waals surface area contributed by atoms with Gasteiger partial charge >= 0.3 is 0 Å². The minimum Gasteiger partial charge on any atom is -0.299 e. The van der Waals surface area contributed by atoms with Crippen molar-refractivity contribution in [3.8, 4) is 11.4 Å². The molecule has 1 aliphatic rings. The van der Waals surface area contributed by atoms with Crippen LogP contribution in [0.25, 0.3) is 11.4 Å². The lowest BCUT2D eigenvalue weighted by molar-refractivity contribution is 0.202. The summed E-state index contributed by atoms with van der Waals surface area (Å²) in [6.45, 7) is 3.15. The van der Waals surface area contributed by atoms with Gasteiger partial charge in [0.2, 0.25) is 0 Å². The topological polar surface area (TPSA) is 70.6 Å². The fourth-order valence-corrected chi connectivity index (χ4v) is 3.19. The Balaban J connectivity index is 1.37. The van der Waals surface area contributed by atoms with Gasteiger partial charge in [0, 0.05) is 42.8 Å². The van der Waals surface area contributed by atoms with Crippen molar-refractivity contribution in [2.45, 2.75) is 25.3 Å². The minimum atomic E-state index is 0.455. The molecule has 1 saturated heterocycles. The minimum absolute atomic E-state index is 0.455. The third-order valence-electron chi connectivity index (χ3n) is 4.55. The number of hydrogen-bond acceptors (Lipinski definition) is 5. The average Bonchev–Trinajstić information content (AvgIpc) is 3.14. The number of piperidine rings is 1. The molecule has 0 aromatic carbocycles. The van der Waals surface area contributed by atoms with Gasteiger partial charge in [0.15, 0.2) is 5.82 Å². The zero-order valence-electron chi connectivity index (χ0n) is 13.5. The summed E-state index contributed by atoms with van der Waals surface area (Å²) in [6.07, 6.45) is 9.48. The second kappa shape index (κ2) is 6.88. The number of rotatable bonds is 4. The molecule has 122 valence electrons. The molecule has 0 amide bonds. The SMILES string of the molecule is c1cncc(-c2n[nH]c(C3CCN(Cc4ccncc4)CC3)n2)c1. The summed E-state index contributed by atoms with van der Waals surface area (Å²) in [6, 6.07) is 8.06. The molecule has 6 nitrogen and oxygen atoms in total. The first-order valence-corrected chi connectivity index (χ1v) is 8.32. The van der Waals surface area contributed by atoms with Gasteiger partial charge in [-0.3, -0.25) is 20.0 Å². The summed E-state index contributed by atoms with van der Waals surface area (Å²) in [5, 5.41) is 7.47. The van der Waals surface area contributed by atoms with E-state index in [4.69, 9.17) is 0 Å². The van der Waals surface area contributed by atoms with Crippen LogP contribution in [0, 0.1) is 0 Å². The zero-order chi connectivity index (χ0) is 16.2. The Morgan fingerprint density at radius 2 is 1.88 bits per heavy atom. The van der Waals surface area contributed by atoms with E-state index in [9.17, 15) is 0 Å². The molecule has 24 heavy (non-hydrogen) atoms. The lowest BCUT2D eigenvalue weighted by Gasteiger charge is -2.30. The van der Waals surface area contributed by atoms with Crippen molar-refractivity contribution in [1.82, 2.24) is 30.0 Å². The lowest BCUT2D eigenvalue weighted by atomic mass is 9.96. The fraction of sp³-hybridized carbons (Fsp3) is 0.333. The summed E-state index contributed by atoms with van der Waals surface area (Å²) in [7, 11) is 0. The van der Waals surface area contributed by atoms with Crippen molar-refractivity contribution < 1.29 is 0 Å². The molecule has 0 bridgehead atoms. The van der Waals surface area contributed by atoms with E-state index in [-0.39, 0.29) is 0 Å². The van der Waals surface area contributed by atoms with Gasteiger partial charge < -0.3 is 0 Å². The van der Waals surface area contributed by atoms with Gasteiger partial charge in [-0.2, -0.15) is 5.10 Å². The summed E-state index contributed by atoms with van der Waals surface area (Å²) in [4.78, 5) is 15.4. The molecule has 6 heteroatoms. The van der Waals surface area contributed by atoms with Gasteiger partial charge in [-0.25, -0.2) is 4.98 Å². The second-order valence-corrected chi connectivity index (χ2v) is 6.19. The van der Waals surface area contributed by atoms with E-state index in [0.29, 0.717) is 5.92 Å². The summed E-state index contributed by atoms with van der Waals surface area (Å²) < 4.78 is 0. The van der Waals surface area contributed by atoms with E-state index in [2.05, 4.69) is 42.2 Å². The Labute approximate surface area is 141 Å². The molecule has 0 unspecified atom stereocenters. The van der Waals surface area contributed by atoms with Crippen molar-refractivity contribution in [1.29, 1.82) is 0 Å². The average molecular weight is 320 g/mol. The molecular formula is C18H20N6. The fourth-order valence-electron chi connectivity index (χ4n) is 3.19. The van der Waals surface area contributed by atoms with Gasteiger partial charge in [0.25, 0.3) is 0 Å². The molecular weight excluding hydrogens is 300 g/mol. The van der Waals surface area contributed by atoms with Gasteiger partial charge in [-0.05, 0) is 55.8 Å². The van der Waals surface area contributed by atoms with Gasteiger partial charge in [-0.15, -0.1) is 0 Å². The van der Waals surface area contributed by atoms with E-state index in [1.165, 1.54) is 5.56 Å². The lowest BCUT2D eigenvalue weighted by Crippen LogP contribution is -2.32. The highest BCUT2D eigenvalue weighted by atomic mass is 15.2. The maximum Gasteiger partial charge on any atom is 0.182 e. The molecule has 4 rings (SSSR count). The monoisotopic (exact) mass is 320 g/mol. The van der Waals surface area contributed by atoms with E-state index in [0.717, 1.165) is 49.7 Å². The van der Waals surface area contributed by atoms with E-state index < -0.39 is 0 Å². The first-order valence-electron chi connectivity index (χ1n) is 8.32. The predicted molar refractivity (Wildman–Crippen MR) is 91.1 cm³/mol. The third-order valence-corrected chi connectivity index (χ3v) is 4.55. The second-order valence-electron chi connectivity index (χ2n) is 6.19. The van der Waals surface area contributed by atoms with Crippen LogP contribution in [0.3, 0.4) is 0 Å². The number of likely N-dealkylation sites (tertiary alicyclic amines) is 1. The van der Waals surface area contributed by atoms with E-state index >= 15 is 0 Å². The number of hydrogen-bond donors (Lipinski definition) is 1. The molecule has 1 fully saturated rings. The number of nitrogens with one attached hydrogen (secondary N) is 1. The van der Waals surface area contributed by atoms with Crippen molar-refractivity contribution in [3.63, 3.8) is 0 Å². The van der Waals surface area contributed by atoms with Crippen molar-refractivity contribution in [2.24, 2.45) is 0 Å². The first-order chi connectivity index (χ1) is 11.9. The number of aromatic amines is 1. The Hall–Kier alpha value is -2.60. The van der Waals surface area contributed by atoms with Crippen molar-refractivity contribution >= 4 is 0 Å². The van der Waals surface area contributed by atoms with Gasteiger partial charge in [0.05, 0.1) is 0 Å². The van der Waals surface area contributed by atoms with Crippen LogP contribution < -0.4 is 0 Å². The van der Waals surface area contributed by atoms with Gasteiger partial charge in [0.1, 0.15) is 5.82 Å². The molecule has 4 heterocycles. The Kier molecular flexibility index (Phi) is 4.29. The summed E-state index contributed by atoms with van der Waals surface area (Å²) >= 11 is 0. The van der Waals surface area contributed by atoms with Crippen LogP contribution in [0.4, 0.5) is 0 Å². The quantitative estimate of drug-likeness (QED) is 0.800. The predicted octanol–water partition coefficient (Wildman–Crippen LogP) is 2.64. The highest BCUT2D eigenvalue weighted by Crippen LogP contribution is 2.27. The summed E-state index contributed by atoms with van der Waals surface area (Å²) in [5.41, 5.74) is 2.28. The molecule has 0 aliphatic carbocycles. The van der Waals surface area contributed by atoms with Crippen LogP contribution >= 0.6 is 0 Å². The number of pyridine rings is 2. The molecule has 3 aromatic heterocycles. The molecule has 0 radical (unpaired) electrons. The maximum atomic E-state index is 4.68. The molecule has 1 aliphatic heterocycles. The molecule has 0 spiro atoms. The first kappa shape index (κ1) is 15.0. The molecule has 1 N–H and O–H groups in total. The largest absolute Gasteiger partial charge is 0.299 e. The van der Waals surface area contributed by atoms with E-state index in [1.54, 1.807) is 12.4 Å². The highest BCUT2D eigenvalue weighted by molar-refractivity contribution is 5.52. The number of nitrogens with zero attached hydrogens (tertiary/aromatic N) is 5. The van der Waals surface area contributed by atoms with Crippen LogP contribution in [-0.4, -0.2) is 43.1 Å². The Morgan fingerprint density at radius 3 is 2.62 bits per heavy atom. The number of H-pyrrole nitrogens is 1. The van der Waals surface area contributed by atoms with Crippen LogP contribution in [0.1, 0.15) is 30.1 Å². The Bertz CT molecular complexity index is 762. The third kappa shape index (κ3) is 3.33. The zero-order valence-corrected chi connectivity index (χ0v) is 13.5. The van der Waals surface area contributed by atoms with Crippen molar-refractivity contribution in [3.05, 3.63) is 60.4 Å². The van der Waals surface area contributed by atoms with Crippen molar-refractivity contribution in [2.75, 3.05) is 13.1 Å². The van der Waals surface area contributed by atoms with Crippen LogP contribution in [-0.2, 0) is 6.54 Å². The summed E-state index contributed by atoms with van der Waals surface area (Å²) in [5.74, 6) is 2.19. The smallest absolute Gasteiger partial charge is 0.182 e. The molecule has 0 atom stereocenters. The van der Waals surface area contributed by atoms with Crippen LogP contribution in [0.15, 0.2) is 49.1 Å².